The van der Waals surface area contributed by atoms with Crippen LogP contribution in [0.15, 0.2) is 33.9 Å². The van der Waals surface area contributed by atoms with Crippen LogP contribution in [0.25, 0.3) is 11.5 Å². The molecule has 1 amide bonds. The van der Waals surface area contributed by atoms with E-state index in [-0.39, 0.29) is 5.91 Å². The van der Waals surface area contributed by atoms with E-state index in [1.54, 1.807) is 7.11 Å². The van der Waals surface area contributed by atoms with Crippen molar-refractivity contribution in [3.63, 3.8) is 0 Å². The summed E-state index contributed by atoms with van der Waals surface area (Å²) in [6, 6.07) is 7.47. The van der Waals surface area contributed by atoms with Crippen LogP contribution in [-0.2, 0) is 4.79 Å². The standard InChI is InChI=1S/C16H19N3O3S/c1-21-13-6-4-5-12(11-13)15-17-18-16(22-15)23-10-7-14(20)19-8-2-3-9-19/h4-6,11H,2-3,7-10H2,1H3. The van der Waals surface area contributed by atoms with E-state index in [0.717, 1.165) is 37.2 Å². The lowest BCUT2D eigenvalue weighted by Crippen LogP contribution is -2.27. The number of rotatable bonds is 6. The highest BCUT2D eigenvalue weighted by atomic mass is 32.2. The molecule has 23 heavy (non-hydrogen) atoms. The van der Waals surface area contributed by atoms with Crippen molar-refractivity contribution in [2.24, 2.45) is 0 Å². The Morgan fingerprint density at radius 1 is 1.35 bits per heavy atom. The van der Waals surface area contributed by atoms with Gasteiger partial charge in [-0.05, 0) is 31.0 Å². The van der Waals surface area contributed by atoms with E-state index < -0.39 is 0 Å². The highest BCUT2D eigenvalue weighted by molar-refractivity contribution is 7.99. The summed E-state index contributed by atoms with van der Waals surface area (Å²) in [6.07, 6.45) is 2.74. The third kappa shape index (κ3) is 4.04. The molecule has 3 rings (SSSR count). The van der Waals surface area contributed by atoms with Gasteiger partial charge in [-0.3, -0.25) is 4.79 Å². The van der Waals surface area contributed by atoms with Crippen LogP contribution in [-0.4, -0.2) is 47.0 Å². The molecular weight excluding hydrogens is 314 g/mol. The molecule has 0 bridgehead atoms. The molecule has 1 aliphatic heterocycles. The lowest BCUT2D eigenvalue weighted by molar-refractivity contribution is -0.129. The first kappa shape index (κ1) is 15.9. The van der Waals surface area contributed by atoms with Crippen molar-refractivity contribution in [1.29, 1.82) is 0 Å². The zero-order chi connectivity index (χ0) is 16.1. The SMILES string of the molecule is COc1cccc(-c2nnc(SCCC(=O)N3CCCC3)o2)c1. The highest BCUT2D eigenvalue weighted by Gasteiger charge is 2.18. The molecule has 0 saturated carbocycles. The van der Waals surface area contributed by atoms with Gasteiger partial charge in [0.05, 0.1) is 7.11 Å². The normalized spacial score (nSPS) is 14.2. The van der Waals surface area contributed by atoms with Gasteiger partial charge >= 0.3 is 0 Å². The summed E-state index contributed by atoms with van der Waals surface area (Å²) < 4.78 is 10.8. The quantitative estimate of drug-likeness (QED) is 0.757. The minimum atomic E-state index is 0.211. The van der Waals surface area contributed by atoms with Gasteiger partial charge in [-0.2, -0.15) is 0 Å². The molecule has 122 valence electrons. The molecule has 1 saturated heterocycles. The Bertz CT molecular complexity index is 668. The number of nitrogens with zero attached hydrogens (tertiary/aromatic N) is 3. The van der Waals surface area contributed by atoms with Crippen LogP contribution in [0, 0.1) is 0 Å². The molecule has 7 heteroatoms. The topological polar surface area (TPSA) is 68.5 Å². The van der Waals surface area contributed by atoms with Crippen LogP contribution in [0.3, 0.4) is 0 Å². The van der Waals surface area contributed by atoms with Crippen molar-refractivity contribution in [2.75, 3.05) is 26.0 Å². The minimum Gasteiger partial charge on any atom is -0.497 e. The van der Waals surface area contributed by atoms with Crippen molar-refractivity contribution in [3.05, 3.63) is 24.3 Å². The van der Waals surface area contributed by atoms with Crippen LogP contribution in [0.2, 0.25) is 0 Å². The maximum atomic E-state index is 12.0. The molecule has 1 aromatic carbocycles. The molecule has 1 fully saturated rings. The van der Waals surface area contributed by atoms with Gasteiger partial charge in [0.2, 0.25) is 11.8 Å². The number of thioether (sulfide) groups is 1. The van der Waals surface area contributed by atoms with Gasteiger partial charge in [-0.25, -0.2) is 0 Å². The molecule has 0 radical (unpaired) electrons. The van der Waals surface area contributed by atoms with Crippen molar-refractivity contribution in [2.45, 2.75) is 24.5 Å². The number of amides is 1. The second kappa shape index (κ2) is 7.50. The van der Waals surface area contributed by atoms with E-state index >= 15 is 0 Å². The fourth-order valence-electron chi connectivity index (χ4n) is 2.49. The summed E-state index contributed by atoms with van der Waals surface area (Å²) in [5.74, 6) is 2.06. The number of carbonyl (C=O) groups is 1. The Morgan fingerprint density at radius 3 is 2.96 bits per heavy atom. The van der Waals surface area contributed by atoms with E-state index in [1.807, 2.05) is 29.2 Å². The van der Waals surface area contributed by atoms with Gasteiger partial charge in [-0.1, -0.05) is 17.8 Å². The fraction of sp³-hybridized carbons (Fsp3) is 0.438. The first-order chi connectivity index (χ1) is 11.3. The minimum absolute atomic E-state index is 0.211. The molecule has 2 heterocycles. The number of hydrogen-bond acceptors (Lipinski definition) is 6. The van der Waals surface area contributed by atoms with E-state index in [4.69, 9.17) is 9.15 Å². The van der Waals surface area contributed by atoms with Crippen molar-refractivity contribution in [3.8, 4) is 17.2 Å². The predicted molar refractivity (Wildman–Crippen MR) is 87.4 cm³/mol. The van der Waals surface area contributed by atoms with E-state index in [9.17, 15) is 4.79 Å². The molecule has 1 aliphatic rings. The van der Waals surface area contributed by atoms with Crippen LogP contribution >= 0.6 is 11.8 Å². The van der Waals surface area contributed by atoms with E-state index in [2.05, 4.69) is 10.2 Å². The van der Waals surface area contributed by atoms with Crippen molar-refractivity contribution in [1.82, 2.24) is 15.1 Å². The van der Waals surface area contributed by atoms with Gasteiger partial charge in [0, 0.05) is 30.8 Å². The van der Waals surface area contributed by atoms with E-state index in [0.29, 0.717) is 23.3 Å². The second-order valence-corrected chi connectivity index (χ2v) is 6.34. The number of hydrogen-bond donors (Lipinski definition) is 0. The molecule has 0 atom stereocenters. The van der Waals surface area contributed by atoms with Gasteiger partial charge in [-0.15, -0.1) is 10.2 Å². The van der Waals surface area contributed by atoms with Gasteiger partial charge in [0.25, 0.3) is 5.22 Å². The summed E-state index contributed by atoms with van der Waals surface area (Å²) in [5.41, 5.74) is 0.817. The number of benzene rings is 1. The summed E-state index contributed by atoms with van der Waals surface area (Å²) >= 11 is 1.41. The molecule has 0 N–H and O–H groups in total. The van der Waals surface area contributed by atoms with Crippen LogP contribution < -0.4 is 4.74 Å². The van der Waals surface area contributed by atoms with Crippen LogP contribution in [0.1, 0.15) is 19.3 Å². The maximum absolute atomic E-state index is 12.0. The maximum Gasteiger partial charge on any atom is 0.276 e. The summed E-state index contributed by atoms with van der Waals surface area (Å²) in [4.78, 5) is 13.9. The lowest BCUT2D eigenvalue weighted by Gasteiger charge is -2.14. The molecule has 6 nitrogen and oxygen atoms in total. The number of methoxy groups -OCH3 is 1. The van der Waals surface area contributed by atoms with Crippen molar-refractivity contribution >= 4 is 17.7 Å². The smallest absolute Gasteiger partial charge is 0.276 e. The first-order valence-corrected chi connectivity index (χ1v) is 8.63. The van der Waals surface area contributed by atoms with E-state index in [1.165, 1.54) is 11.8 Å². The number of ether oxygens (including phenoxy) is 1. The molecular formula is C16H19N3O3S. The average molecular weight is 333 g/mol. The number of likely N-dealkylation sites (tertiary alicyclic amines) is 1. The lowest BCUT2D eigenvalue weighted by atomic mass is 10.2. The number of carbonyl (C=O) groups excluding carboxylic acids is 1. The molecule has 0 spiro atoms. The Kier molecular flexibility index (Phi) is 5.17. The molecule has 0 aliphatic carbocycles. The van der Waals surface area contributed by atoms with Gasteiger partial charge < -0.3 is 14.1 Å². The fourth-order valence-corrected chi connectivity index (χ4v) is 3.18. The summed E-state index contributed by atoms with van der Waals surface area (Å²) in [6.45, 7) is 1.79. The van der Waals surface area contributed by atoms with Crippen LogP contribution in [0.5, 0.6) is 5.75 Å². The Labute approximate surface area is 139 Å². The summed E-state index contributed by atoms with van der Waals surface area (Å²) in [5, 5.41) is 8.56. The average Bonchev–Trinajstić information content (AvgIpc) is 3.26. The second-order valence-electron chi connectivity index (χ2n) is 5.29. The molecule has 0 unspecified atom stereocenters. The zero-order valence-electron chi connectivity index (χ0n) is 13.0. The third-order valence-electron chi connectivity index (χ3n) is 3.72. The Hall–Kier alpha value is -2.02. The van der Waals surface area contributed by atoms with Gasteiger partial charge in [0.1, 0.15) is 5.75 Å². The Morgan fingerprint density at radius 2 is 2.17 bits per heavy atom. The van der Waals surface area contributed by atoms with Gasteiger partial charge in [0.15, 0.2) is 0 Å². The third-order valence-corrected chi connectivity index (χ3v) is 4.54. The molecule has 1 aromatic heterocycles. The van der Waals surface area contributed by atoms with Crippen LogP contribution in [0.4, 0.5) is 0 Å². The highest BCUT2D eigenvalue weighted by Crippen LogP contribution is 2.26. The Balaban J connectivity index is 1.53. The first-order valence-electron chi connectivity index (χ1n) is 7.65. The number of aromatic nitrogens is 2. The largest absolute Gasteiger partial charge is 0.497 e. The molecule has 2 aromatic rings. The summed E-state index contributed by atoms with van der Waals surface area (Å²) in [7, 11) is 1.62. The predicted octanol–water partition coefficient (Wildman–Crippen LogP) is 2.85. The monoisotopic (exact) mass is 333 g/mol. The zero-order valence-corrected chi connectivity index (χ0v) is 13.8. The van der Waals surface area contributed by atoms with Crippen molar-refractivity contribution < 1.29 is 13.9 Å².